The fourth-order valence-electron chi connectivity index (χ4n) is 2.62. The molecular weight excluding hydrogens is 242 g/mol. The van der Waals surface area contributed by atoms with Crippen LogP contribution in [0.2, 0.25) is 0 Å². The molecule has 0 spiro atoms. The predicted octanol–water partition coefficient (Wildman–Crippen LogP) is 3.98. The zero-order chi connectivity index (χ0) is 12.4. The van der Waals surface area contributed by atoms with Crippen LogP contribution in [0.4, 0.5) is 0 Å². The first kappa shape index (κ1) is 11.7. The normalized spacial score (nSPS) is 15.9. The molecule has 18 heavy (non-hydrogen) atoms. The van der Waals surface area contributed by atoms with Crippen molar-refractivity contribution in [3.05, 3.63) is 34.9 Å². The molecule has 4 heteroatoms. The van der Waals surface area contributed by atoms with E-state index >= 15 is 0 Å². The molecule has 0 aromatic carbocycles. The number of rotatable bonds is 3. The number of H-pyrrole nitrogens is 1. The maximum Gasteiger partial charge on any atom is 0.178 e. The van der Waals surface area contributed by atoms with E-state index in [9.17, 15) is 0 Å². The van der Waals surface area contributed by atoms with E-state index in [1.165, 1.54) is 25.7 Å². The lowest BCUT2D eigenvalue weighted by atomic mass is 9.97. The SMILES string of the molecule is S=c1[nH]c2cnccc2n1CCC1=CCCCC1. The Balaban J connectivity index is 1.84. The van der Waals surface area contributed by atoms with Gasteiger partial charge in [0.25, 0.3) is 0 Å². The Morgan fingerprint density at radius 3 is 3.17 bits per heavy atom. The van der Waals surface area contributed by atoms with Gasteiger partial charge in [-0.15, -0.1) is 0 Å². The van der Waals surface area contributed by atoms with Gasteiger partial charge >= 0.3 is 0 Å². The van der Waals surface area contributed by atoms with Crippen molar-refractivity contribution in [3.63, 3.8) is 0 Å². The number of nitrogens with zero attached hydrogens (tertiary/aromatic N) is 2. The lowest BCUT2D eigenvalue weighted by Crippen LogP contribution is -2.01. The maximum atomic E-state index is 5.38. The molecule has 0 aliphatic heterocycles. The zero-order valence-electron chi connectivity index (χ0n) is 10.4. The molecule has 1 N–H and O–H groups in total. The van der Waals surface area contributed by atoms with Crippen molar-refractivity contribution in [3.8, 4) is 0 Å². The quantitative estimate of drug-likeness (QED) is 0.668. The summed E-state index contributed by atoms with van der Waals surface area (Å²) >= 11 is 5.38. The van der Waals surface area contributed by atoms with Gasteiger partial charge in [-0.1, -0.05) is 11.6 Å². The van der Waals surface area contributed by atoms with E-state index in [1.54, 1.807) is 5.57 Å². The lowest BCUT2D eigenvalue weighted by Gasteiger charge is -2.13. The van der Waals surface area contributed by atoms with Crippen LogP contribution < -0.4 is 0 Å². The Bertz CT molecular complexity index is 636. The molecule has 0 fully saturated rings. The molecule has 0 atom stereocenters. The largest absolute Gasteiger partial charge is 0.329 e. The second-order valence-electron chi connectivity index (χ2n) is 4.83. The monoisotopic (exact) mass is 259 g/mol. The van der Waals surface area contributed by atoms with Gasteiger partial charge in [0, 0.05) is 12.7 Å². The van der Waals surface area contributed by atoms with E-state index < -0.39 is 0 Å². The number of fused-ring (bicyclic) bond motifs is 1. The topological polar surface area (TPSA) is 33.6 Å². The molecule has 2 heterocycles. The van der Waals surface area contributed by atoms with Crippen LogP contribution in [0.1, 0.15) is 32.1 Å². The molecule has 0 saturated heterocycles. The molecule has 0 radical (unpaired) electrons. The predicted molar refractivity (Wildman–Crippen MR) is 76.1 cm³/mol. The first-order chi connectivity index (χ1) is 8.84. The summed E-state index contributed by atoms with van der Waals surface area (Å²) in [5.74, 6) is 0. The van der Waals surface area contributed by atoms with Crippen LogP contribution in [0.3, 0.4) is 0 Å². The van der Waals surface area contributed by atoms with Gasteiger partial charge in [-0.05, 0) is 50.4 Å². The van der Waals surface area contributed by atoms with Crippen molar-refractivity contribution in [2.45, 2.75) is 38.6 Å². The van der Waals surface area contributed by atoms with Crippen LogP contribution in [-0.4, -0.2) is 14.5 Å². The first-order valence-corrected chi connectivity index (χ1v) is 6.96. The summed E-state index contributed by atoms with van der Waals surface area (Å²) in [6.07, 6.45) is 12.4. The van der Waals surface area contributed by atoms with Gasteiger partial charge < -0.3 is 9.55 Å². The highest BCUT2D eigenvalue weighted by atomic mass is 32.1. The van der Waals surface area contributed by atoms with E-state index in [-0.39, 0.29) is 0 Å². The third-order valence-corrected chi connectivity index (χ3v) is 3.94. The average molecular weight is 259 g/mol. The van der Waals surface area contributed by atoms with E-state index in [0.29, 0.717) is 0 Å². The minimum Gasteiger partial charge on any atom is -0.329 e. The molecule has 2 aromatic rings. The Morgan fingerprint density at radius 2 is 2.33 bits per heavy atom. The average Bonchev–Trinajstić information content (AvgIpc) is 2.73. The van der Waals surface area contributed by atoms with Crippen LogP contribution in [0.5, 0.6) is 0 Å². The summed E-state index contributed by atoms with van der Waals surface area (Å²) in [5.41, 5.74) is 3.78. The Morgan fingerprint density at radius 1 is 1.39 bits per heavy atom. The summed E-state index contributed by atoms with van der Waals surface area (Å²) < 4.78 is 2.98. The van der Waals surface area contributed by atoms with Gasteiger partial charge in [-0.25, -0.2) is 0 Å². The van der Waals surface area contributed by atoms with Gasteiger partial charge in [0.15, 0.2) is 4.77 Å². The van der Waals surface area contributed by atoms with Gasteiger partial charge in [0.05, 0.1) is 17.2 Å². The molecule has 0 bridgehead atoms. The molecule has 2 aromatic heterocycles. The molecule has 3 nitrogen and oxygen atoms in total. The number of aryl methyl sites for hydroxylation is 1. The molecular formula is C14H17N3S. The first-order valence-electron chi connectivity index (χ1n) is 6.55. The highest BCUT2D eigenvalue weighted by Gasteiger charge is 2.07. The summed E-state index contributed by atoms with van der Waals surface area (Å²) in [6, 6.07) is 2.02. The summed E-state index contributed by atoms with van der Waals surface area (Å²) in [5, 5.41) is 0. The zero-order valence-corrected chi connectivity index (χ0v) is 11.2. The van der Waals surface area contributed by atoms with E-state index in [2.05, 4.69) is 20.6 Å². The second-order valence-corrected chi connectivity index (χ2v) is 5.22. The third kappa shape index (κ3) is 2.25. The number of nitrogens with one attached hydrogen (secondary N) is 1. The fraction of sp³-hybridized carbons (Fsp3) is 0.429. The molecule has 0 amide bonds. The standard InChI is InChI=1S/C14H17N3S/c18-14-16-12-10-15-8-6-13(12)17(14)9-7-11-4-2-1-3-5-11/h4,6,8,10H,1-3,5,7,9H2,(H,16,18). The number of hydrogen-bond donors (Lipinski definition) is 1. The van der Waals surface area contributed by atoms with E-state index in [0.717, 1.165) is 28.8 Å². The number of pyridine rings is 1. The van der Waals surface area contributed by atoms with Gasteiger partial charge in [-0.3, -0.25) is 4.98 Å². The minimum absolute atomic E-state index is 0.800. The molecule has 1 aliphatic rings. The van der Waals surface area contributed by atoms with Crippen LogP contribution in [0, 0.1) is 4.77 Å². The molecule has 94 valence electrons. The van der Waals surface area contributed by atoms with Crippen molar-refractivity contribution < 1.29 is 0 Å². The van der Waals surface area contributed by atoms with Gasteiger partial charge in [0.2, 0.25) is 0 Å². The summed E-state index contributed by atoms with van der Waals surface area (Å²) in [7, 11) is 0. The summed E-state index contributed by atoms with van der Waals surface area (Å²) in [4.78, 5) is 7.33. The number of aromatic nitrogens is 3. The van der Waals surface area contributed by atoms with Crippen molar-refractivity contribution in [2.75, 3.05) is 0 Å². The smallest absolute Gasteiger partial charge is 0.178 e. The van der Waals surface area contributed by atoms with Gasteiger partial charge in [0.1, 0.15) is 0 Å². The third-order valence-electron chi connectivity index (χ3n) is 3.62. The lowest BCUT2D eigenvalue weighted by molar-refractivity contribution is 0.630. The van der Waals surface area contributed by atoms with Crippen LogP contribution >= 0.6 is 12.2 Å². The Kier molecular flexibility index (Phi) is 3.28. The van der Waals surface area contributed by atoms with Crippen molar-refractivity contribution in [1.82, 2.24) is 14.5 Å². The molecule has 3 rings (SSSR count). The van der Waals surface area contributed by atoms with Crippen molar-refractivity contribution >= 4 is 23.3 Å². The van der Waals surface area contributed by atoms with Crippen LogP contribution in [0.25, 0.3) is 11.0 Å². The number of imidazole rings is 1. The minimum atomic E-state index is 0.800. The van der Waals surface area contributed by atoms with Gasteiger partial charge in [-0.2, -0.15) is 0 Å². The number of hydrogen-bond acceptors (Lipinski definition) is 2. The van der Waals surface area contributed by atoms with Crippen molar-refractivity contribution in [2.24, 2.45) is 0 Å². The number of aromatic amines is 1. The fourth-order valence-corrected chi connectivity index (χ4v) is 2.92. The summed E-state index contributed by atoms with van der Waals surface area (Å²) in [6.45, 7) is 0.967. The molecule has 1 aliphatic carbocycles. The van der Waals surface area contributed by atoms with E-state index in [4.69, 9.17) is 12.2 Å². The second kappa shape index (κ2) is 5.06. The Hall–Kier alpha value is -1.42. The maximum absolute atomic E-state index is 5.38. The molecule has 0 unspecified atom stereocenters. The van der Waals surface area contributed by atoms with Crippen LogP contribution in [0.15, 0.2) is 30.1 Å². The number of allylic oxidation sites excluding steroid dienone is 2. The Labute approximate surface area is 112 Å². The molecule has 0 saturated carbocycles. The van der Waals surface area contributed by atoms with Crippen molar-refractivity contribution in [1.29, 1.82) is 0 Å². The van der Waals surface area contributed by atoms with E-state index in [1.807, 2.05) is 18.5 Å². The highest BCUT2D eigenvalue weighted by molar-refractivity contribution is 7.71. The highest BCUT2D eigenvalue weighted by Crippen LogP contribution is 2.22. The van der Waals surface area contributed by atoms with Crippen LogP contribution in [-0.2, 0) is 6.54 Å².